The van der Waals surface area contributed by atoms with Crippen LogP contribution in [-0.2, 0) is 0 Å². The van der Waals surface area contributed by atoms with Gasteiger partial charge in [-0.25, -0.2) is 15.2 Å². The lowest BCUT2D eigenvalue weighted by Gasteiger charge is -2.28. The lowest BCUT2D eigenvalue weighted by molar-refractivity contribution is 0.241. The summed E-state index contributed by atoms with van der Waals surface area (Å²) in [6.45, 7) is 2.03. The molecule has 2 N–H and O–H groups in total. The first-order valence-corrected chi connectivity index (χ1v) is 7.16. The molecule has 1 aliphatic heterocycles. The lowest BCUT2D eigenvalue weighted by atomic mass is 10.0. The molecule has 4 nitrogen and oxygen atoms in total. The van der Waals surface area contributed by atoms with Gasteiger partial charge in [-0.05, 0) is 44.2 Å². The molecule has 0 aromatic heterocycles. The number of hydrazine groups is 1. The number of nitrogens with one attached hydrogen (secondary N) is 2. The van der Waals surface area contributed by atoms with E-state index in [2.05, 4.69) is 10.7 Å². The number of anilines is 1. The summed E-state index contributed by atoms with van der Waals surface area (Å²) >= 11 is 0. The summed E-state index contributed by atoms with van der Waals surface area (Å²) < 4.78 is 0. The zero-order valence-electron chi connectivity index (χ0n) is 11.4. The number of para-hydroxylation sites is 1. The van der Waals surface area contributed by atoms with E-state index in [-0.39, 0.29) is 11.7 Å². The molecule has 1 aromatic rings. The minimum absolute atomic E-state index is 0.0313. The number of rotatable bonds is 1. The van der Waals surface area contributed by atoms with Crippen molar-refractivity contribution in [3.63, 3.8) is 0 Å². The van der Waals surface area contributed by atoms with E-state index in [0.717, 1.165) is 24.1 Å². The summed E-state index contributed by atoms with van der Waals surface area (Å²) in [5.74, 6) is 0. The number of benzene rings is 1. The third-order valence-corrected chi connectivity index (χ3v) is 4.19. The van der Waals surface area contributed by atoms with Crippen LogP contribution in [0.15, 0.2) is 24.3 Å². The van der Waals surface area contributed by atoms with E-state index in [1.54, 1.807) is 5.01 Å². The zero-order valence-corrected chi connectivity index (χ0v) is 11.4. The highest BCUT2D eigenvalue weighted by Gasteiger charge is 2.42. The molecule has 1 spiro atoms. The molecule has 2 fully saturated rings. The molecule has 2 amide bonds. The van der Waals surface area contributed by atoms with Crippen LogP contribution >= 0.6 is 0 Å². The molecule has 1 aromatic carbocycles. The maximum atomic E-state index is 12.3. The number of hydrogen-bond acceptors (Lipinski definition) is 2. The molecule has 0 radical (unpaired) electrons. The highest BCUT2D eigenvalue weighted by molar-refractivity contribution is 5.94. The Morgan fingerprint density at radius 3 is 2.47 bits per heavy atom. The molecule has 1 saturated carbocycles. The fourth-order valence-corrected chi connectivity index (χ4v) is 3.11. The average molecular weight is 259 g/mol. The van der Waals surface area contributed by atoms with Crippen LogP contribution < -0.4 is 15.8 Å². The van der Waals surface area contributed by atoms with Gasteiger partial charge in [0.05, 0.1) is 5.69 Å². The van der Waals surface area contributed by atoms with Crippen molar-refractivity contribution in [1.82, 2.24) is 10.7 Å². The molecule has 0 bridgehead atoms. The predicted molar refractivity (Wildman–Crippen MR) is 75.8 cm³/mol. The predicted octanol–water partition coefficient (Wildman–Crippen LogP) is 3.08. The van der Waals surface area contributed by atoms with Crippen LogP contribution in [0, 0.1) is 6.92 Å². The van der Waals surface area contributed by atoms with Crippen molar-refractivity contribution in [3.8, 4) is 0 Å². The first kappa shape index (κ1) is 12.5. The Labute approximate surface area is 114 Å². The molecule has 4 heteroatoms. The Kier molecular flexibility index (Phi) is 3.19. The average Bonchev–Trinajstić information content (AvgIpc) is 2.58. The van der Waals surface area contributed by atoms with Gasteiger partial charge in [-0.3, -0.25) is 0 Å². The number of nitrogens with zero attached hydrogens (tertiary/aromatic N) is 1. The van der Waals surface area contributed by atoms with E-state index in [9.17, 15) is 4.79 Å². The summed E-state index contributed by atoms with van der Waals surface area (Å²) in [4.78, 5) is 12.3. The Morgan fingerprint density at radius 1 is 1.11 bits per heavy atom. The van der Waals surface area contributed by atoms with Crippen LogP contribution in [0.25, 0.3) is 0 Å². The molecular formula is C15H21N3O. The maximum Gasteiger partial charge on any atom is 0.338 e. The zero-order chi connectivity index (χ0) is 13.3. The van der Waals surface area contributed by atoms with Crippen LogP contribution in [0.4, 0.5) is 10.5 Å². The number of amides is 2. The summed E-state index contributed by atoms with van der Waals surface area (Å²) in [5, 5.41) is 4.84. The van der Waals surface area contributed by atoms with E-state index in [4.69, 9.17) is 0 Å². The van der Waals surface area contributed by atoms with E-state index < -0.39 is 0 Å². The van der Waals surface area contributed by atoms with Gasteiger partial charge in [-0.15, -0.1) is 0 Å². The molecule has 2 aliphatic rings. The third kappa shape index (κ3) is 2.32. The minimum atomic E-state index is -0.226. The first-order valence-electron chi connectivity index (χ1n) is 7.16. The largest absolute Gasteiger partial charge is 0.338 e. The van der Waals surface area contributed by atoms with Gasteiger partial charge in [0, 0.05) is 0 Å². The number of carbonyl (C=O) groups is 1. The van der Waals surface area contributed by atoms with Crippen molar-refractivity contribution in [1.29, 1.82) is 0 Å². The lowest BCUT2D eigenvalue weighted by Crippen LogP contribution is -2.50. The van der Waals surface area contributed by atoms with E-state index in [0.29, 0.717) is 0 Å². The Hall–Kier alpha value is -1.55. The van der Waals surface area contributed by atoms with Gasteiger partial charge in [-0.1, -0.05) is 31.0 Å². The van der Waals surface area contributed by atoms with Crippen molar-refractivity contribution in [2.24, 2.45) is 0 Å². The standard InChI is InChI=1S/C15H21N3O/c1-12-8-4-5-9-13(12)18-14(19)16-15(17-18)10-6-2-3-7-11-15/h4-5,8-9,17H,2-3,6-7,10-11H2,1H3,(H,16,19). The SMILES string of the molecule is Cc1ccccc1N1NC2(CCCCCC2)NC1=O. The molecule has 1 aliphatic carbocycles. The van der Waals surface area contributed by atoms with Gasteiger partial charge < -0.3 is 5.32 Å². The maximum absolute atomic E-state index is 12.3. The van der Waals surface area contributed by atoms with E-state index in [1.165, 1.54) is 25.7 Å². The molecular weight excluding hydrogens is 238 g/mol. The first-order chi connectivity index (χ1) is 9.20. The molecule has 0 unspecified atom stereocenters. The van der Waals surface area contributed by atoms with Crippen molar-refractivity contribution < 1.29 is 4.79 Å². The van der Waals surface area contributed by atoms with Gasteiger partial charge in [-0.2, -0.15) is 0 Å². The van der Waals surface area contributed by atoms with Gasteiger partial charge in [0.25, 0.3) is 0 Å². The topological polar surface area (TPSA) is 44.4 Å². The fraction of sp³-hybridized carbons (Fsp3) is 0.533. The smallest absolute Gasteiger partial charge is 0.317 e. The van der Waals surface area contributed by atoms with Gasteiger partial charge in [0.2, 0.25) is 0 Å². The summed E-state index contributed by atoms with van der Waals surface area (Å²) in [6, 6.07) is 7.94. The van der Waals surface area contributed by atoms with Crippen molar-refractivity contribution in [2.45, 2.75) is 51.1 Å². The molecule has 0 atom stereocenters. The Morgan fingerprint density at radius 2 is 1.79 bits per heavy atom. The quantitative estimate of drug-likeness (QED) is 0.814. The molecule has 19 heavy (non-hydrogen) atoms. The number of urea groups is 1. The van der Waals surface area contributed by atoms with Crippen LogP contribution in [0.2, 0.25) is 0 Å². The molecule has 1 heterocycles. The summed E-state index contributed by atoms with van der Waals surface area (Å²) in [6.07, 6.45) is 6.92. The molecule has 3 rings (SSSR count). The second-order valence-corrected chi connectivity index (χ2v) is 5.66. The fourth-order valence-electron chi connectivity index (χ4n) is 3.11. The monoisotopic (exact) mass is 259 g/mol. The van der Waals surface area contributed by atoms with Crippen molar-refractivity contribution in [3.05, 3.63) is 29.8 Å². The molecule has 102 valence electrons. The second-order valence-electron chi connectivity index (χ2n) is 5.66. The highest BCUT2D eigenvalue weighted by Crippen LogP contribution is 2.31. The number of aryl methyl sites for hydroxylation is 1. The molecule has 1 saturated heterocycles. The van der Waals surface area contributed by atoms with Gasteiger partial charge in [0.15, 0.2) is 0 Å². The minimum Gasteiger partial charge on any atom is -0.317 e. The number of hydrogen-bond donors (Lipinski definition) is 2. The highest BCUT2D eigenvalue weighted by atomic mass is 16.2. The number of carbonyl (C=O) groups excluding carboxylic acids is 1. The van der Waals surface area contributed by atoms with Crippen LogP contribution in [0.3, 0.4) is 0 Å². The Bertz CT molecular complexity index is 478. The van der Waals surface area contributed by atoms with Gasteiger partial charge in [0.1, 0.15) is 5.66 Å². The van der Waals surface area contributed by atoms with Crippen molar-refractivity contribution >= 4 is 11.7 Å². The summed E-state index contributed by atoms with van der Waals surface area (Å²) in [7, 11) is 0. The van der Waals surface area contributed by atoms with E-state index in [1.807, 2.05) is 31.2 Å². The van der Waals surface area contributed by atoms with Crippen LogP contribution in [-0.4, -0.2) is 11.7 Å². The summed E-state index contributed by atoms with van der Waals surface area (Å²) in [5.41, 5.74) is 5.25. The second kappa shape index (κ2) is 4.85. The van der Waals surface area contributed by atoms with Gasteiger partial charge >= 0.3 is 6.03 Å². The van der Waals surface area contributed by atoms with E-state index >= 15 is 0 Å². The van der Waals surface area contributed by atoms with Crippen LogP contribution in [0.5, 0.6) is 0 Å². The normalized spacial score (nSPS) is 22.4. The third-order valence-electron chi connectivity index (χ3n) is 4.19. The van der Waals surface area contributed by atoms with Crippen LogP contribution in [0.1, 0.15) is 44.1 Å². The Balaban J connectivity index is 1.85. The van der Waals surface area contributed by atoms with Crippen molar-refractivity contribution in [2.75, 3.05) is 5.01 Å².